The summed E-state index contributed by atoms with van der Waals surface area (Å²) >= 11 is 0. The normalized spacial score (nSPS) is 26.3. The van der Waals surface area contributed by atoms with Crippen LogP contribution in [0, 0.1) is 27.9 Å². The van der Waals surface area contributed by atoms with Crippen LogP contribution in [0.25, 0.3) is 0 Å². The molecule has 1 saturated carbocycles. The highest BCUT2D eigenvalue weighted by atomic mass is 16.7. The summed E-state index contributed by atoms with van der Waals surface area (Å²) in [6, 6.07) is 0. The Balaban J connectivity index is 2.10. The maximum Gasteiger partial charge on any atom is 0.303 e. The van der Waals surface area contributed by atoms with Crippen LogP contribution in [0.5, 0.6) is 0 Å². The minimum Gasteiger partial charge on any atom is -0.481 e. The van der Waals surface area contributed by atoms with E-state index in [1.54, 1.807) is 6.08 Å². The third kappa shape index (κ3) is 8.01. The van der Waals surface area contributed by atoms with Gasteiger partial charge in [-0.15, -0.1) is 0 Å². The van der Waals surface area contributed by atoms with Gasteiger partial charge in [0.05, 0.1) is 19.3 Å². The first kappa shape index (κ1) is 25.5. The Morgan fingerprint density at radius 3 is 2.65 bits per heavy atom. The van der Waals surface area contributed by atoms with Crippen LogP contribution in [0.3, 0.4) is 0 Å². The van der Waals surface area contributed by atoms with E-state index in [-0.39, 0.29) is 35.6 Å². The second-order valence-corrected chi connectivity index (χ2v) is 8.61. The van der Waals surface area contributed by atoms with Crippen LogP contribution in [-0.2, 0) is 14.3 Å². The number of aliphatic hydroxyl groups is 1. The summed E-state index contributed by atoms with van der Waals surface area (Å²) < 4.78 is 12.0. The molecule has 2 aliphatic rings. The van der Waals surface area contributed by atoms with Crippen molar-refractivity contribution >= 4 is 5.97 Å². The van der Waals surface area contributed by atoms with Crippen molar-refractivity contribution in [3.05, 3.63) is 34.4 Å². The average Bonchev–Trinajstić information content (AvgIpc) is 3.27. The van der Waals surface area contributed by atoms with Gasteiger partial charge in [0.1, 0.15) is 0 Å². The highest BCUT2D eigenvalue weighted by molar-refractivity contribution is 5.66. The maximum absolute atomic E-state index is 11.3. The van der Waals surface area contributed by atoms with Gasteiger partial charge in [-0.1, -0.05) is 50.5 Å². The van der Waals surface area contributed by atoms with Gasteiger partial charge in [0, 0.05) is 29.6 Å². The minimum absolute atomic E-state index is 0.0882. The molecule has 0 aromatic rings. The first-order chi connectivity index (χ1) is 14.9. The van der Waals surface area contributed by atoms with Gasteiger partial charge in [0.2, 0.25) is 6.54 Å². The number of carboxylic acid groups (broad SMARTS) is 1. The topological polar surface area (TPSA) is 119 Å². The van der Waals surface area contributed by atoms with Crippen molar-refractivity contribution in [3.8, 4) is 0 Å². The molecule has 0 aromatic heterocycles. The van der Waals surface area contributed by atoms with E-state index in [1.165, 1.54) is 0 Å². The molecule has 0 radical (unpaired) electrons. The number of carboxylic acids is 1. The third-order valence-electron chi connectivity index (χ3n) is 6.26. The van der Waals surface area contributed by atoms with Gasteiger partial charge < -0.3 is 19.7 Å². The number of hydrogen-bond donors (Lipinski definition) is 2. The number of rotatable bonds is 14. The Morgan fingerprint density at radius 1 is 1.26 bits per heavy atom. The van der Waals surface area contributed by atoms with Gasteiger partial charge in [0.15, 0.2) is 5.79 Å². The molecule has 2 rings (SSSR count). The summed E-state index contributed by atoms with van der Waals surface area (Å²) in [5, 5.41) is 30.4. The summed E-state index contributed by atoms with van der Waals surface area (Å²) in [6.45, 7) is 2.90. The monoisotopic (exact) mass is 439 g/mol. The van der Waals surface area contributed by atoms with Crippen molar-refractivity contribution in [1.29, 1.82) is 0 Å². The average molecular weight is 440 g/mol. The van der Waals surface area contributed by atoms with Crippen molar-refractivity contribution in [2.24, 2.45) is 17.8 Å². The largest absolute Gasteiger partial charge is 0.481 e. The molecule has 1 spiro atoms. The van der Waals surface area contributed by atoms with E-state index in [1.807, 2.05) is 18.2 Å². The molecule has 8 heteroatoms. The number of unbranched alkanes of at least 4 members (excludes halogenated alkanes) is 3. The Kier molecular flexibility index (Phi) is 10.6. The molecule has 31 heavy (non-hydrogen) atoms. The maximum atomic E-state index is 11.3. The predicted molar refractivity (Wildman–Crippen MR) is 116 cm³/mol. The molecule has 1 aliphatic heterocycles. The van der Waals surface area contributed by atoms with Crippen molar-refractivity contribution in [1.82, 2.24) is 0 Å². The van der Waals surface area contributed by atoms with Crippen LogP contribution >= 0.6 is 0 Å². The molecular weight excluding hydrogens is 402 g/mol. The third-order valence-corrected chi connectivity index (χ3v) is 6.26. The molecule has 0 aromatic carbocycles. The number of aliphatic hydroxyl groups excluding tert-OH is 1. The lowest BCUT2D eigenvalue weighted by molar-refractivity contribution is -0.489. The fraction of sp³-hybridized carbons (Fsp3) is 0.783. The number of aliphatic carboxylic acids is 1. The summed E-state index contributed by atoms with van der Waals surface area (Å²) in [5.74, 6) is -2.07. The zero-order valence-corrected chi connectivity index (χ0v) is 18.5. The van der Waals surface area contributed by atoms with E-state index in [4.69, 9.17) is 14.6 Å². The van der Waals surface area contributed by atoms with Crippen molar-refractivity contribution in [2.75, 3.05) is 19.8 Å². The van der Waals surface area contributed by atoms with Crippen molar-refractivity contribution < 1.29 is 29.4 Å². The molecule has 1 heterocycles. The number of hydrogen-bond acceptors (Lipinski definition) is 6. The molecule has 0 amide bonds. The zero-order valence-electron chi connectivity index (χ0n) is 18.5. The van der Waals surface area contributed by atoms with Gasteiger partial charge in [-0.3, -0.25) is 14.9 Å². The first-order valence-corrected chi connectivity index (χ1v) is 11.5. The van der Waals surface area contributed by atoms with Crippen LogP contribution in [0.4, 0.5) is 0 Å². The Hall–Kier alpha value is -1.77. The van der Waals surface area contributed by atoms with E-state index in [0.717, 1.165) is 19.3 Å². The molecule has 176 valence electrons. The lowest BCUT2D eigenvalue weighted by Crippen LogP contribution is -2.36. The summed E-state index contributed by atoms with van der Waals surface area (Å²) in [5.41, 5.74) is 0. The SMILES string of the molecule is CCCCCC(O)C=CC1C(C[N+](=O)[O-])CC2(OCCO2)C1CC=CCCCC(=O)O. The quantitative estimate of drug-likeness (QED) is 0.182. The number of allylic oxidation sites excluding steroid dienone is 3. The molecule has 8 nitrogen and oxygen atoms in total. The minimum atomic E-state index is -0.825. The van der Waals surface area contributed by atoms with Crippen LogP contribution in [0.15, 0.2) is 24.3 Å². The molecule has 1 aliphatic carbocycles. The Labute approximate surface area is 184 Å². The van der Waals surface area contributed by atoms with E-state index in [9.17, 15) is 20.0 Å². The second kappa shape index (κ2) is 12.9. The highest BCUT2D eigenvalue weighted by Crippen LogP contribution is 2.51. The van der Waals surface area contributed by atoms with E-state index in [2.05, 4.69) is 6.92 Å². The number of nitro groups is 1. The number of carbonyl (C=O) groups is 1. The predicted octanol–water partition coefficient (Wildman–Crippen LogP) is 3.96. The van der Waals surface area contributed by atoms with Gasteiger partial charge in [-0.05, 0) is 31.6 Å². The molecule has 4 unspecified atom stereocenters. The Morgan fingerprint density at radius 2 is 2.00 bits per heavy atom. The summed E-state index contributed by atoms with van der Waals surface area (Å²) in [4.78, 5) is 21.7. The molecule has 4 atom stereocenters. The van der Waals surface area contributed by atoms with E-state index < -0.39 is 17.9 Å². The number of nitrogens with zero attached hydrogens (tertiary/aromatic N) is 1. The van der Waals surface area contributed by atoms with Crippen LogP contribution in [0.1, 0.15) is 64.7 Å². The van der Waals surface area contributed by atoms with Gasteiger partial charge >= 0.3 is 5.97 Å². The van der Waals surface area contributed by atoms with Gasteiger partial charge in [0.25, 0.3) is 0 Å². The standard InChI is InChI=1S/C23H37NO7/c1-2-3-6-9-19(25)12-13-20-18(17-24(28)29)16-23(30-14-15-31-23)21(20)10-7-4-5-8-11-22(26)27/h4,7,12-13,18-21,25H,2-3,5-6,8-11,14-17H2,1H3,(H,26,27). The number of ether oxygens (including phenoxy) is 2. The van der Waals surface area contributed by atoms with E-state index >= 15 is 0 Å². The molecular formula is C23H37NO7. The lowest BCUT2D eigenvalue weighted by atomic mass is 9.85. The van der Waals surface area contributed by atoms with Gasteiger partial charge in [-0.2, -0.15) is 0 Å². The van der Waals surface area contributed by atoms with E-state index in [0.29, 0.717) is 45.3 Å². The van der Waals surface area contributed by atoms with Crippen LogP contribution in [-0.4, -0.2) is 52.8 Å². The smallest absolute Gasteiger partial charge is 0.303 e. The molecule has 2 N–H and O–H groups in total. The summed E-state index contributed by atoms with van der Waals surface area (Å²) in [6.07, 6.45) is 13.4. The zero-order chi connectivity index (χ0) is 22.7. The second-order valence-electron chi connectivity index (χ2n) is 8.61. The molecule has 2 fully saturated rings. The van der Waals surface area contributed by atoms with Crippen LogP contribution < -0.4 is 0 Å². The van der Waals surface area contributed by atoms with Gasteiger partial charge in [-0.25, -0.2) is 0 Å². The fourth-order valence-corrected chi connectivity index (χ4v) is 4.77. The Bertz CT molecular complexity index is 627. The highest BCUT2D eigenvalue weighted by Gasteiger charge is 2.57. The lowest BCUT2D eigenvalue weighted by Gasteiger charge is -2.30. The molecule has 0 bridgehead atoms. The fourth-order valence-electron chi connectivity index (χ4n) is 4.77. The van der Waals surface area contributed by atoms with Crippen molar-refractivity contribution in [2.45, 2.75) is 76.6 Å². The van der Waals surface area contributed by atoms with Crippen LogP contribution in [0.2, 0.25) is 0 Å². The molecule has 1 saturated heterocycles. The first-order valence-electron chi connectivity index (χ1n) is 11.5. The summed E-state index contributed by atoms with van der Waals surface area (Å²) in [7, 11) is 0. The van der Waals surface area contributed by atoms with Crippen molar-refractivity contribution in [3.63, 3.8) is 0 Å².